The third-order valence-electron chi connectivity index (χ3n) is 2.83. The van der Waals surface area contributed by atoms with E-state index in [2.05, 4.69) is 20.2 Å². The number of nitrogens with one attached hydrogen (secondary N) is 1. The first-order chi connectivity index (χ1) is 8.90. The maximum atomic E-state index is 8.66. The lowest BCUT2D eigenvalue weighted by Gasteiger charge is -2.26. The van der Waals surface area contributed by atoms with Crippen LogP contribution in [-0.4, -0.2) is 54.5 Å². The molecule has 18 heavy (non-hydrogen) atoms. The molecular weight excluding hydrogens is 232 g/mol. The highest BCUT2D eigenvalue weighted by Gasteiger charge is 2.13. The number of anilines is 1. The topological polar surface area (TPSA) is 70.5 Å². The Morgan fingerprint density at radius 2 is 2.00 bits per heavy atom. The first-order valence-electron chi connectivity index (χ1n) is 6.35. The van der Waals surface area contributed by atoms with Crippen LogP contribution in [0.5, 0.6) is 0 Å². The number of ether oxygens (including phenoxy) is 1. The fourth-order valence-electron chi connectivity index (χ4n) is 1.80. The number of rotatable bonds is 6. The van der Waals surface area contributed by atoms with Gasteiger partial charge in [0.1, 0.15) is 0 Å². The molecule has 0 aliphatic carbocycles. The largest absolute Gasteiger partial charge is 0.396 e. The van der Waals surface area contributed by atoms with E-state index in [0.717, 1.165) is 57.3 Å². The van der Waals surface area contributed by atoms with E-state index in [1.165, 1.54) is 0 Å². The number of hydrogen-bond acceptors (Lipinski definition) is 6. The Hall–Kier alpha value is -1.24. The molecule has 0 atom stereocenters. The summed E-state index contributed by atoms with van der Waals surface area (Å²) < 4.78 is 5.29. The lowest BCUT2D eigenvalue weighted by atomic mass is 10.3. The van der Waals surface area contributed by atoms with Crippen molar-refractivity contribution < 1.29 is 9.84 Å². The van der Waals surface area contributed by atoms with Gasteiger partial charge in [0.2, 0.25) is 5.95 Å². The number of hydrogen-bond donors (Lipinski definition) is 2. The van der Waals surface area contributed by atoms with Crippen LogP contribution in [0.2, 0.25) is 0 Å². The molecule has 100 valence electrons. The SMILES string of the molecule is OCCCNCc1cnc(N2CCOCC2)nc1. The Kier molecular flexibility index (Phi) is 5.32. The number of aliphatic hydroxyl groups excluding tert-OH is 1. The second kappa shape index (κ2) is 7.25. The van der Waals surface area contributed by atoms with Crippen LogP contribution in [0, 0.1) is 0 Å². The molecule has 2 rings (SSSR count). The standard InChI is InChI=1S/C12H20N4O2/c17-5-1-2-13-8-11-9-14-12(15-10-11)16-3-6-18-7-4-16/h9-10,13,17H,1-8H2. The Morgan fingerprint density at radius 3 is 2.67 bits per heavy atom. The lowest BCUT2D eigenvalue weighted by molar-refractivity contribution is 0.122. The Bertz CT molecular complexity index is 338. The van der Waals surface area contributed by atoms with E-state index in [1.54, 1.807) is 0 Å². The summed E-state index contributed by atoms with van der Waals surface area (Å²) in [7, 11) is 0. The van der Waals surface area contributed by atoms with E-state index < -0.39 is 0 Å². The number of aromatic nitrogens is 2. The van der Waals surface area contributed by atoms with Crippen molar-refractivity contribution in [1.29, 1.82) is 0 Å². The summed E-state index contributed by atoms with van der Waals surface area (Å²) in [6, 6.07) is 0. The molecule has 0 saturated carbocycles. The van der Waals surface area contributed by atoms with E-state index in [9.17, 15) is 0 Å². The maximum absolute atomic E-state index is 8.66. The van der Waals surface area contributed by atoms with Gasteiger partial charge in [0.15, 0.2) is 0 Å². The highest BCUT2D eigenvalue weighted by atomic mass is 16.5. The molecular formula is C12H20N4O2. The fourth-order valence-corrected chi connectivity index (χ4v) is 1.80. The van der Waals surface area contributed by atoms with Gasteiger partial charge in [0.25, 0.3) is 0 Å². The monoisotopic (exact) mass is 252 g/mol. The van der Waals surface area contributed by atoms with Gasteiger partial charge in [-0.15, -0.1) is 0 Å². The molecule has 1 aromatic heterocycles. The molecule has 0 aromatic carbocycles. The van der Waals surface area contributed by atoms with Crippen LogP contribution < -0.4 is 10.2 Å². The van der Waals surface area contributed by atoms with Crippen molar-refractivity contribution in [3.8, 4) is 0 Å². The minimum atomic E-state index is 0.222. The molecule has 6 nitrogen and oxygen atoms in total. The van der Waals surface area contributed by atoms with Crippen LogP contribution in [0.25, 0.3) is 0 Å². The highest BCUT2D eigenvalue weighted by molar-refractivity contribution is 5.30. The molecule has 1 saturated heterocycles. The van der Waals surface area contributed by atoms with Crippen LogP contribution in [0.4, 0.5) is 5.95 Å². The summed E-state index contributed by atoms with van der Waals surface area (Å²) in [5.41, 5.74) is 1.06. The quantitative estimate of drug-likeness (QED) is 0.682. The van der Waals surface area contributed by atoms with E-state index >= 15 is 0 Å². The summed E-state index contributed by atoms with van der Waals surface area (Å²) in [6.45, 7) is 4.97. The van der Waals surface area contributed by atoms with Crippen molar-refractivity contribution in [2.75, 3.05) is 44.4 Å². The minimum absolute atomic E-state index is 0.222. The van der Waals surface area contributed by atoms with Gasteiger partial charge in [-0.1, -0.05) is 0 Å². The Morgan fingerprint density at radius 1 is 1.28 bits per heavy atom. The summed E-state index contributed by atoms with van der Waals surface area (Å²) in [4.78, 5) is 10.9. The summed E-state index contributed by atoms with van der Waals surface area (Å²) in [6.07, 6.45) is 4.47. The minimum Gasteiger partial charge on any atom is -0.396 e. The molecule has 0 bridgehead atoms. The van der Waals surface area contributed by atoms with Gasteiger partial charge in [-0.25, -0.2) is 9.97 Å². The normalized spacial score (nSPS) is 15.9. The van der Waals surface area contributed by atoms with Crippen molar-refractivity contribution in [2.45, 2.75) is 13.0 Å². The predicted molar refractivity (Wildman–Crippen MR) is 68.5 cm³/mol. The average molecular weight is 252 g/mol. The molecule has 0 radical (unpaired) electrons. The van der Waals surface area contributed by atoms with Gasteiger partial charge in [0, 0.05) is 44.2 Å². The molecule has 0 unspecified atom stereocenters. The molecule has 1 aliphatic heterocycles. The van der Waals surface area contributed by atoms with E-state index in [0.29, 0.717) is 0 Å². The average Bonchev–Trinajstić information content (AvgIpc) is 2.45. The molecule has 2 N–H and O–H groups in total. The molecule has 6 heteroatoms. The zero-order valence-corrected chi connectivity index (χ0v) is 10.5. The third kappa shape index (κ3) is 3.90. The van der Waals surface area contributed by atoms with Crippen molar-refractivity contribution in [1.82, 2.24) is 15.3 Å². The smallest absolute Gasteiger partial charge is 0.225 e. The van der Waals surface area contributed by atoms with E-state index in [1.807, 2.05) is 12.4 Å². The van der Waals surface area contributed by atoms with E-state index in [-0.39, 0.29) is 6.61 Å². The van der Waals surface area contributed by atoms with Gasteiger partial charge in [-0.05, 0) is 13.0 Å². The number of aliphatic hydroxyl groups is 1. The van der Waals surface area contributed by atoms with Gasteiger partial charge in [0.05, 0.1) is 13.2 Å². The van der Waals surface area contributed by atoms with Crippen LogP contribution in [0.15, 0.2) is 12.4 Å². The molecule has 1 aromatic rings. The van der Waals surface area contributed by atoms with Gasteiger partial charge in [-0.2, -0.15) is 0 Å². The number of morpholine rings is 1. The summed E-state index contributed by atoms with van der Waals surface area (Å²) in [5, 5.41) is 11.9. The Labute approximate surface area is 107 Å². The predicted octanol–water partition coefficient (Wildman–Crippen LogP) is -0.215. The van der Waals surface area contributed by atoms with Gasteiger partial charge in [-0.3, -0.25) is 0 Å². The van der Waals surface area contributed by atoms with Gasteiger partial charge >= 0.3 is 0 Å². The first kappa shape index (κ1) is 13.2. The molecule has 2 heterocycles. The summed E-state index contributed by atoms with van der Waals surface area (Å²) >= 11 is 0. The zero-order chi connectivity index (χ0) is 12.6. The highest BCUT2D eigenvalue weighted by Crippen LogP contribution is 2.09. The van der Waals surface area contributed by atoms with Crippen molar-refractivity contribution in [3.05, 3.63) is 18.0 Å². The zero-order valence-electron chi connectivity index (χ0n) is 10.5. The van der Waals surface area contributed by atoms with Crippen molar-refractivity contribution >= 4 is 5.95 Å². The first-order valence-corrected chi connectivity index (χ1v) is 6.35. The molecule has 1 fully saturated rings. The summed E-state index contributed by atoms with van der Waals surface area (Å²) in [5.74, 6) is 0.775. The Balaban J connectivity index is 1.81. The van der Waals surface area contributed by atoms with Crippen LogP contribution in [-0.2, 0) is 11.3 Å². The van der Waals surface area contributed by atoms with Crippen LogP contribution >= 0.6 is 0 Å². The number of nitrogens with zero attached hydrogens (tertiary/aromatic N) is 3. The fraction of sp³-hybridized carbons (Fsp3) is 0.667. The molecule has 0 amide bonds. The molecule has 1 aliphatic rings. The lowest BCUT2D eigenvalue weighted by Crippen LogP contribution is -2.37. The van der Waals surface area contributed by atoms with Crippen molar-refractivity contribution in [2.24, 2.45) is 0 Å². The van der Waals surface area contributed by atoms with Crippen LogP contribution in [0.1, 0.15) is 12.0 Å². The van der Waals surface area contributed by atoms with Gasteiger partial charge < -0.3 is 20.1 Å². The van der Waals surface area contributed by atoms with Crippen LogP contribution in [0.3, 0.4) is 0 Å². The van der Waals surface area contributed by atoms with Crippen molar-refractivity contribution in [3.63, 3.8) is 0 Å². The second-order valence-corrected chi connectivity index (χ2v) is 4.24. The third-order valence-corrected chi connectivity index (χ3v) is 2.83. The second-order valence-electron chi connectivity index (χ2n) is 4.24. The van der Waals surface area contributed by atoms with E-state index in [4.69, 9.17) is 9.84 Å². The maximum Gasteiger partial charge on any atom is 0.225 e. The molecule has 0 spiro atoms.